The van der Waals surface area contributed by atoms with Crippen molar-refractivity contribution in [3.05, 3.63) is 11.6 Å². The lowest BCUT2D eigenvalue weighted by Gasteiger charge is -2.31. The maximum Gasteiger partial charge on any atom is 0.149 e. The molecule has 118 valence electrons. The van der Waals surface area contributed by atoms with E-state index in [1.54, 1.807) is 0 Å². The molecule has 4 nitrogen and oxygen atoms in total. The number of nitrogens with one attached hydrogen (secondary N) is 1. The summed E-state index contributed by atoms with van der Waals surface area (Å²) in [6, 6.07) is 0.988. The average Bonchev–Trinajstić information content (AvgIpc) is 2.76. The number of nitrogens with zero attached hydrogens (tertiary/aromatic N) is 3. The van der Waals surface area contributed by atoms with Crippen LogP contribution in [-0.2, 0) is 13.0 Å². The zero-order chi connectivity index (χ0) is 14.7. The van der Waals surface area contributed by atoms with Crippen LogP contribution in [0.25, 0.3) is 0 Å². The van der Waals surface area contributed by atoms with E-state index in [-0.39, 0.29) is 0 Å². The molecule has 4 heteroatoms. The number of fused-ring (bicyclic) bond motifs is 1. The van der Waals surface area contributed by atoms with Crippen molar-refractivity contribution < 1.29 is 0 Å². The van der Waals surface area contributed by atoms with Crippen LogP contribution in [0, 0.1) is 5.92 Å². The summed E-state index contributed by atoms with van der Waals surface area (Å²) in [4.78, 5) is 0. The lowest BCUT2D eigenvalue weighted by molar-refractivity contribution is 0.262. The van der Waals surface area contributed by atoms with E-state index < -0.39 is 0 Å². The molecule has 2 aliphatic rings. The molecule has 0 saturated heterocycles. The number of aromatic nitrogens is 3. The first-order valence-electron chi connectivity index (χ1n) is 8.96. The molecule has 3 atom stereocenters. The van der Waals surface area contributed by atoms with Crippen LogP contribution in [-0.4, -0.2) is 20.8 Å². The van der Waals surface area contributed by atoms with Crippen molar-refractivity contribution in [3.63, 3.8) is 0 Å². The normalized spacial score (nSPS) is 27.9. The quantitative estimate of drug-likeness (QED) is 0.921. The third kappa shape index (κ3) is 3.47. The zero-order valence-corrected chi connectivity index (χ0v) is 13.6. The third-order valence-electron chi connectivity index (χ3n) is 5.37. The summed E-state index contributed by atoms with van der Waals surface area (Å²) in [5, 5.41) is 12.8. The summed E-state index contributed by atoms with van der Waals surface area (Å²) < 4.78 is 2.38. The fraction of sp³-hybridized carbons (Fsp3) is 0.882. The van der Waals surface area contributed by atoms with Gasteiger partial charge >= 0.3 is 0 Å². The molecule has 2 heterocycles. The van der Waals surface area contributed by atoms with E-state index in [0.717, 1.165) is 24.7 Å². The second-order valence-corrected chi connectivity index (χ2v) is 6.96. The van der Waals surface area contributed by atoms with E-state index in [4.69, 9.17) is 0 Å². The van der Waals surface area contributed by atoms with Crippen LogP contribution < -0.4 is 5.32 Å². The minimum atomic E-state index is 0.324. The molecule has 1 aromatic rings. The molecule has 0 bridgehead atoms. The standard InChI is InChI=1S/C17H30N4/c1-3-14-8-7-9-15(12-14)18-13(2)17-20-19-16-10-5-4-6-11-21(16)17/h13-15,18H,3-12H2,1-2H3. The number of hydrogen-bond acceptors (Lipinski definition) is 3. The number of aryl methyl sites for hydroxylation is 1. The summed E-state index contributed by atoms with van der Waals surface area (Å²) >= 11 is 0. The highest BCUT2D eigenvalue weighted by molar-refractivity contribution is 5.02. The van der Waals surface area contributed by atoms with Crippen molar-refractivity contribution in [3.8, 4) is 0 Å². The highest BCUT2D eigenvalue weighted by atomic mass is 15.3. The average molecular weight is 290 g/mol. The molecule has 0 amide bonds. The van der Waals surface area contributed by atoms with Crippen molar-refractivity contribution in [2.75, 3.05) is 0 Å². The summed E-state index contributed by atoms with van der Waals surface area (Å²) in [6.45, 7) is 5.69. The van der Waals surface area contributed by atoms with Crippen LogP contribution in [0.15, 0.2) is 0 Å². The van der Waals surface area contributed by atoms with Crippen LogP contribution in [0.2, 0.25) is 0 Å². The molecule has 0 aromatic carbocycles. The van der Waals surface area contributed by atoms with Gasteiger partial charge in [-0.05, 0) is 38.5 Å². The summed E-state index contributed by atoms with van der Waals surface area (Å²) in [5.74, 6) is 3.27. The van der Waals surface area contributed by atoms with E-state index in [9.17, 15) is 0 Å². The van der Waals surface area contributed by atoms with Gasteiger partial charge in [0.1, 0.15) is 11.6 Å². The minimum Gasteiger partial charge on any atom is -0.314 e. The van der Waals surface area contributed by atoms with Gasteiger partial charge in [0, 0.05) is 19.0 Å². The highest BCUT2D eigenvalue weighted by Gasteiger charge is 2.25. The summed E-state index contributed by atoms with van der Waals surface area (Å²) in [6.07, 6.45) is 11.7. The lowest BCUT2D eigenvalue weighted by atomic mass is 9.84. The molecule has 0 spiro atoms. The summed E-state index contributed by atoms with van der Waals surface area (Å²) in [7, 11) is 0. The Morgan fingerprint density at radius 1 is 1.19 bits per heavy atom. The van der Waals surface area contributed by atoms with Crippen LogP contribution in [0.5, 0.6) is 0 Å². The van der Waals surface area contributed by atoms with Crippen LogP contribution in [0.3, 0.4) is 0 Å². The summed E-state index contributed by atoms with van der Waals surface area (Å²) in [5.41, 5.74) is 0. The molecule has 1 aliphatic carbocycles. The second kappa shape index (κ2) is 6.91. The zero-order valence-electron chi connectivity index (χ0n) is 13.6. The van der Waals surface area contributed by atoms with Crippen molar-refractivity contribution in [1.82, 2.24) is 20.1 Å². The highest BCUT2D eigenvalue weighted by Crippen LogP contribution is 2.28. The van der Waals surface area contributed by atoms with Gasteiger partial charge in [0.25, 0.3) is 0 Å². The topological polar surface area (TPSA) is 42.7 Å². The Balaban J connectivity index is 1.65. The molecule has 1 N–H and O–H groups in total. The molecule has 21 heavy (non-hydrogen) atoms. The predicted octanol–water partition coefficient (Wildman–Crippen LogP) is 3.62. The maximum atomic E-state index is 4.49. The van der Waals surface area contributed by atoms with Gasteiger partial charge in [-0.2, -0.15) is 0 Å². The van der Waals surface area contributed by atoms with Gasteiger partial charge in [-0.25, -0.2) is 0 Å². The van der Waals surface area contributed by atoms with Crippen molar-refractivity contribution in [2.45, 2.75) is 90.3 Å². The first-order valence-corrected chi connectivity index (χ1v) is 8.96. The van der Waals surface area contributed by atoms with Gasteiger partial charge in [0.15, 0.2) is 0 Å². The first kappa shape index (κ1) is 15.0. The Morgan fingerprint density at radius 3 is 2.95 bits per heavy atom. The molecule has 3 rings (SSSR count). The van der Waals surface area contributed by atoms with Crippen molar-refractivity contribution >= 4 is 0 Å². The van der Waals surface area contributed by atoms with E-state index in [0.29, 0.717) is 12.1 Å². The lowest BCUT2D eigenvalue weighted by Crippen LogP contribution is -2.36. The Labute approximate surface area is 128 Å². The Hall–Kier alpha value is -0.900. The van der Waals surface area contributed by atoms with Crippen LogP contribution in [0.1, 0.15) is 82.9 Å². The molecular formula is C17H30N4. The fourth-order valence-corrected chi connectivity index (χ4v) is 4.07. The molecule has 1 aromatic heterocycles. The molecule has 3 unspecified atom stereocenters. The fourth-order valence-electron chi connectivity index (χ4n) is 4.07. The third-order valence-corrected chi connectivity index (χ3v) is 5.37. The maximum absolute atomic E-state index is 4.49. The van der Waals surface area contributed by atoms with Gasteiger partial charge in [-0.1, -0.05) is 32.6 Å². The second-order valence-electron chi connectivity index (χ2n) is 6.96. The predicted molar refractivity (Wildman–Crippen MR) is 85.2 cm³/mol. The van der Waals surface area contributed by atoms with Crippen LogP contribution in [0.4, 0.5) is 0 Å². The van der Waals surface area contributed by atoms with Gasteiger partial charge in [0.2, 0.25) is 0 Å². The number of rotatable bonds is 4. The largest absolute Gasteiger partial charge is 0.314 e. The van der Waals surface area contributed by atoms with Crippen molar-refractivity contribution in [2.24, 2.45) is 5.92 Å². The molecule has 1 aliphatic heterocycles. The molecule has 1 saturated carbocycles. The van der Waals surface area contributed by atoms with E-state index in [1.807, 2.05) is 0 Å². The van der Waals surface area contributed by atoms with Crippen molar-refractivity contribution in [1.29, 1.82) is 0 Å². The monoisotopic (exact) mass is 290 g/mol. The van der Waals surface area contributed by atoms with Gasteiger partial charge < -0.3 is 9.88 Å². The van der Waals surface area contributed by atoms with Gasteiger partial charge in [0.05, 0.1) is 6.04 Å². The SMILES string of the molecule is CCC1CCCC(NC(C)c2nnc3n2CCCCC3)C1. The van der Waals surface area contributed by atoms with Gasteiger partial charge in [-0.15, -0.1) is 10.2 Å². The molecular weight excluding hydrogens is 260 g/mol. The van der Waals surface area contributed by atoms with E-state index in [2.05, 4.69) is 33.9 Å². The Morgan fingerprint density at radius 2 is 2.10 bits per heavy atom. The minimum absolute atomic E-state index is 0.324. The van der Waals surface area contributed by atoms with Gasteiger partial charge in [-0.3, -0.25) is 0 Å². The van der Waals surface area contributed by atoms with Crippen LogP contribution >= 0.6 is 0 Å². The smallest absolute Gasteiger partial charge is 0.149 e. The van der Waals surface area contributed by atoms with E-state index >= 15 is 0 Å². The number of hydrogen-bond donors (Lipinski definition) is 1. The molecule has 0 radical (unpaired) electrons. The molecule has 1 fully saturated rings. The van der Waals surface area contributed by atoms with E-state index in [1.165, 1.54) is 57.2 Å². The Kier molecular flexibility index (Phi) is 4.94. The Bertz CT molecular complexity index is 454. The first-order chi connectivity index (χ1) is 10.3.